The van der Waals surface area contributed by atoms with Gasteiger partial charge in [0.2, 0.25) is 0 Å². The van der Waals surface area contributed by atoms with Crippen LogP contribution in [-0.2, 0) is 0 Å². The van der Waals surface area contributed by atoms with Crippen LogP contribution in [0.4, 0.5) is 5.69 Å². The first-order chi connectivity index (χ1) is 9.11. The predicted molar refractivity (Wildman–Crippen MR) is 74.4 cm³/mol. The van der Waals surface area contributed by atoms with E-state index in [1.807, 2.05) is 25.1 Å². The van der Waals surface area contributed by atoms with E-state index in [0.29, 0.717) is 17.0 Å². The monoisotopic (exact) mass is 259 g/mol. The van der Waals surface area contributed by atoms with E-state index in [1.54, 1.807) is 31.4 Å². The van der Waals surface area contributed by atoms with Crippen LogP contribution in [-0.4, -0.2) is 17.3 Å². The molecule has 1 unspecified atom stereocenters. The minimum absolute atomic E-state index is 0.0647. The highest BCUT2D eigenvalue weighted by Crippen LogP contribution is 2.30. The number of phenolic OH excluding ortho intramolecular Hbond substituents is 1. The van der Waals surface area contributed by atoms with E-state index in [0.717, 1.165) is 5.56 Å². The lowest BCUT2D eigenvalue weighted by Gasteiger charge is -2.17. The van der Waals surface area contributed by atoms with E-state index in [4.69, 9.17) is 4.74 Å². The van der Waals surface area contributed by atoms with Gasteiger partial charge in [0.1, 0.15) is 11.5 Å². The molecule has 2 aromatic carbocycles. The standard InChI is InChI=1S/C15H17NO3/c1-10-7-8-11(13(17)9-10)15(18)16-12-5-3-4-6-14(12)19-2/h3-9,15-18H,1-2H3. The van der Waals surface area contributed by atoms with Crippen molar-refractivity contribution in [3.63, 3.8) is 0 Å². The van der Waals surface area contributed by atoms with Crippen molar-refractivity contribution >= 4 is 5.69 Å². The molecule has 0 spiro atoms. The van der Waals surface area contributed by atoms with Gasteiger partial charge in [-0.2, -0.15) is 0 Å². The number of ether oxygens (including phenoxy) is 1. The van der Waals surface area contributed by atoms with Crippen molar-refractivity contribution in [1.29, 1.82) is 0 Å². The van der Waals surface area contributed by atoms with Gasteiger partial charge >= 0.3 is 0 Å². The number of aryl methyl sites for hydroxylation is 1. The average molecular weight is 259 g/mol. The molecular weight excluding hydrogens is 242 g/mol. The number of para-hydroxylation sites is 2. The smallest absolute Gasteiger partial charge is 0.154 e. The molecule has 19 heavy (non-hydrogen) atoms. The van der Waals surface area contributed by atoms with Crippen molar-refractivity contribution in [3.05, 3.63) is 53.6 Å². The number of aromatic hydroxyl groups is 1. The molecule has 0 fully saturated rings. The second-order valence-corrected chi connectivity index (χ2v) is 4.31. The van der Waals surface area contributed by atoms with Gasteiger partial charge in [0, 0.05) is 5.56 Å². The molecule has 0 aromatic heterocycles. The molecule has 0 saturated heterocycles. The maximum atomic E-state index is 10.1. The number of nitrogens with one attached hydrogen (secondary N) is 1. The Bertz CT molecular complexity index is 569. The van der Waals surface area contributed by atoms with Gasteiger partial charge in [0.05, 0.1) is 12.8 Å². The fraction of sp³-hybridized carbons (Fsp3) is 0.200. The van der Waals surface area contributed by atoms with Crippen molar-refractivity contribution in [2.45, 2.75) is 13.2 Å². The summed E-state index contributed by atoms with van der Waals surface area (Å²) in [4.78, 5) is 0. The van der Waals surface area contributed by atoms with Crippen molar-refractivity contribution in [2.75, 3.05) is 12.4 Å². The number of aliphatic hydroxyl groups excluding tert-OH is 1. The van der Waals surface area contributed by atoms with Crippen LogP contribution < -0.4 is 10.1 Å². The molecule has 0 aliphatic heterocycles. The number of hydrogen-bond donors (Lipinski definition) is 3. The normalized spacial score (nSPS) is 11.9. The topological polar surface area (TPSA) is 61.7 Å². The zero-order valence-corrected chi connectivity index (χ0v) is 10.9. The Morgan fingerprint density at radius 3 is 2.58 bits per heavy atom. The van der Waals surface area contributed by atoms with Crippen molar-refractivity contribution in [1.82, 2.24) is 0 Å². The molecule has 0 bridgehead atoms. The Morgan fingerprint density at radius 2 is 1.89 bits per heavy atom. The number of rotatable bonds is 4. The third-order valence-corrected chi connectivity index (χ3v) is 2.88. The summed E-state index contributed by atoms with van der Waals surface area (Å²) in [5.41, 5.74) is 2.03. The highest BCUT2D eigenvalue weighted by molar-refractivity contribution is 5.57. The summed E-state index contributed by atoms with van der Waals surface area (Å²) in [6.07, 6.45) is -1.00. The second-order valence-electron chi connectivity index (χ2n) is 4.31. The van der Waals surface area contributed by atoms with Crippen LogP contribution in [0.5, 0.6) is 11.5 Å². The Morgan fingerprint density at radius 1 is 1.16 bits per heavy atom. The summed E-state index contributed by atoms with van der Waals surface area (Å²) in [6.45, 7) is 1.88. The summed E-state index contributed by atoms with van der Waals surface area (Å²) < 4.78 is 5.20. The molecule has 100 valence electrons. The van der Waals surface area contributed by atoms with Gasteiger partial charge in [-0.1, -0.05) is 24.3 Å². The molecule has 0 aliphatic carbocycles. The Labute approximate surface area is 112 Å². The first-order valence-electron chi connectivity index (χ1n) is 5.99. The lowest BCUT2D eigenvalue weighted by atomic mass is 10.1. The number of anilines is 1. The van der Waals surface area contributed by atoms with Gasteiger partial charge in [0.25, 0.3) is 0 Å². The summed E-state index contributed by atoms with van der Waals surface area (Å²) in [6, 6.07) is 12.4. The molecular formula is C15H17NO3. The molecule has 0 heterocycles. The van der Waals surface area contributed by atoms with Gasteiger partial charge < -0.3 is 20.3 Å². The van der Waals surface area contributed by atoms with Crippen LogP contribution in [0.3, 0.4) is 0 Å². The Hall–Kier alpha value is -2.20. The van der Waals surface area contributed by atoms with Crippen LogP contribution in [0.15, 0.2) is 42.5 Å². The lowest BCUT2D eigenvalue weighted by Crippen LogP contribution is -2.10. The maximum absolute atomic E-state index is 10.1. The van der Waals surface area contributed by atoms with Gasteiger partial charge in [0.15, 0.2) is 6.23 Å². The quantitative estimate of drug-likeness (QED) is 0.739. The molecule has 0 aliphatic rings. The highest BCUT2D eigenvalue weighted by atomic mass is 16.5. The Balaban J connectivity index is 2.23. The van der Waals surface area contributed by atoms with E-state index in [2.05, 4.69) is 5.32 Å². The summed E-state index contributed by atoms with van der Waals surface area (Å²) in [7, 11) is 1.57. The second kappa shape index (κ2) is 5.63. The third-order valence-electron chi connectivity index (χ3n) is 2.88. The molecule has 2 aromatic rings. The third kappa shape index (κ3) is 2.98. The van der Waals surface area contributed by atoms with Crippen LogP contribution in [0.25, 0.3) is 0 Å². The van der Waals surface area contributed by atoms with Crippen molar-refractivity contribution in [3.8, 4) is 11.5 Å². The zero-order chi connectivity index (χ0) is 13.8. The Kier molecular flexibility index (Phi) is 3.92. The van der Waals surface area contributed by atoms with E-state index in [-0.39, 0.29) is 5.75 Å². The molecule has 4 heteroatoms. The first-order valence-corrected chi connectivity index (χ1v) is 5.99. The molecule has 0 amide bonds. The van der Waals surface area contributed by atoms with Crippen LogP contribution in [0.1, 0.15) is 17.4 Å². The molecule has 0 saturated carbocycles. The largest absolute Gasteiger partial charge is 0.507 e. The highest BCUT2D eigenvalue weighted by Gasteiger charge is 2.13. The number of benzene rings is 2. The molecule has 4 nitrogen and oxygen atoms in total. The van der Waals surface area contributed by atoms with Gasteiger partial charge in [-0.05, 0) is 30.7 Å². The molecule has 2 rings (SSSR count). The number of phenols is 1. The number of aliphatic hydroxyl groups is 1. The van der Waals surface area contributed by atoms with Crippen LogP contribution in [0, 0.1) is 6.92 Å². The SMILES string of the molecule is COc1ccccc1NC(O)c1ccc(C)cc1O. The van der Waals surface area contributed by atoms with Crippen molar-refractivity contribution in [2.24, 2.45) is 0 Å². The summed E-state index contributed by atoms with van der Waals surface area (Å²) in [5.74, 6) is 0.697. The van der Waals surface area contributed by atoms with Crippen molar-refractivity contribution < 1.29 is 14.9 Å². The van der Waals surface area contributed by atoms with E-state index in [1.165, 1.54) is 0 Å². The fourth-order valence-corrected chi connectivity index (χ4v) is 1.87. The van der Waals surface area contributed by atoms with E-state index < -0.39 is 6.23 Å². The number of methoxy groups -OCH3 is 1. The minimum atomic E-state index is -1.00. The fourth-order valence-electron chi connectivity index (χ4n) is 1.87. The molecule has 3 N–H and O–H groups in total. The minimum Gasteiger partial charge on any atom is -0.507 e. The van der Waals surface area contributed by atoms with Gasteiger partial charge in [-0.3, -0.25) is 0 Å². The molecule has 1 atom stereocenters. The zero-order valence-electron chi connectivity index (χ0n) is 10.9. The number of hydrogen-bond acceptors (Lipinski definition) is 4. The van der Waals surface area contributed by atoms with Crippen LogP contribution >= 0.6 is 0 Å². The summed E-state index contributed by atoms with van der Waals surface area (Å²) >= 11 is 0. The van der Waals surface area contributed by atoms with Crippen LogP contribution in [0.2, 0.25) is 0 Å². The van der Waals surface area contributed by atoms with E-state index in [9.17, 15) is 10.2 Å². The maximum Gasteiger partial charge on any atom is 0.154 e. The average Bonchev–Trinajstić information content (AvgIpc) is 2.39. The summed E-state index contributed by atoms with van der Waals surface area (Å²) in [5, 5.41) is 22.9. The molecule has 0 radical (unpaired) electrons. The van der Waals surface area contributed by atoms with Gasteiger partial charge in [-0.25, -0.2) is 0 Å². The van der Waals surface area contributed by atoms with Gasteiger partial charge in [-0.15, -0.1) is 0 Å². The lowest BCUT2D eigenvalue weighted by molar-refractivity contribution is 0.203. The predicted octanol–water partition coefficient (Wildman–Crippen LogP) is 2.81. The first kappa shape index (κ1) is 13.2. The van der Waals surface area contributed by atoms with E-state index >= 15 is 0 Å².